The highest BCUT2D eigenvalue weighted by atomic mass is 16.5. The van der Waals surface area contributed by atoms with Crippen molar-refractivity contribution in [2.24, 2.45) is 0 Å². The molecule has 0 N–H and O–H groups in total. The third kappa shape index (κ3) is 7.38. The summed E-state index contributed by atoms with van der Waals surface area (Å²) in [5.41, 5.74) is 0. The zero-order valence-electron chi connectivity index (χ0n) is 8.01. The first-order chi connectivity index (χ1) is 5.81. The molecule has 0 aliphatic heterocycles. The van der Waals surface area contributed by atoms with Gasteiger partial charge < -0.3 is 4.74 Å². The first kappa shape index (κ1) is 11.3. The third-order valence-corrected chi connectivity index (χ3v) is 1.43. The maximum absolute atomic E-state index is 10.8. The van der Waals surface area contributed by atoms with Gasteiger partial charge in [0.1, 0.15) is 0 Å². The van der Waals surface area contributed by atoms with Crippen molar-refractivity contribution in [3.05, 3.63) is 0 Å². The normalized spacial score (nSPS) is 9.50. The number of ether oxygens (including phenoxy) is 1. The standard InChI is InChI=1S/C9H18NO2/c1-3-5-6-7-10-9(11)12-8-4-2/h3-8H2,1-2H3. The molecule has 0 spiro atoms. The molecule has 1 radical (unpaired) electrons. The molecule has 0 unspecified atom stereocenters. The predicted molar refractivity (Wildman–Crippen MR) is 48.2 cm³/mol. The summed E-state index contributed by atoms with van der Waals surface area (Å²) >= 11 is 0. The molecule has 0 rings (SSSR count). The summed E-state index contributed by atoms with van der Waals surface area (Å²) in [5.74, 6) is 0. The number of carbonyl (C=O) groups is 1. The van der Waals surface area contributed by atoms with Gasteiger partial charge in [0.05, 0.1) is 6.61 Å². The Balaban J connectivity index is 3.08. The number of hydrogen-bond acceptors (Lipinski definition) is 2. The molecule has 71 valence electrons. The molecule has 0 aromatic heterocycles. The van der Waals surface area contributed by atoms with E-state index < -0.39 is 6.09 Å². The monoisotopic (exact) mass is 172 g/mol. The van der Waals surface area contributed by atoms with Crippen LogP contribution in [-0.4, -0.2) is 19.2 Å². The van der Waals surface area contributed by atoms with Crippen molar-refractivity contribution in [3.63, 3.8) is 0 Å². The quantitative estimate of drug-likeness (QED) is 0.577. The van der Waals surface area contributed by atoms with Gasteiger partial charge in [-0.05, 0) is 12.8 Å². The average molecular weight is 172 g/mol. The minimum atomic E-state index is -0.409. The molecule has 1 amide bonds. The summed E-state index contributed by atoms with van der Waals surface area (Å²) < 4.78 is 4.77. The largest absolute Gasteiger partial charge is 0.448 e. The van der Waals surface area contributed by atoms with Crippen LogP contribution in [0, 0.1) is 0 Å². The molecule has 0 heterocycles. The number of unbranched alkanes of at least 4 members (excludes halogenated alkanes) is 2. The maximum Gasteiger partial charge on any atom is 0.428 e. The Kier molecular flexibility index (Phi) is 7.86. The molecule has 3 nitrogen and oxygen atoms in total. The zero-order valence-corrected chi connectivity index (χ0v) is 8.01. The van der Waals surface area contributed by atoms with E-state index in [1.807, 2.05) is 6.92 Å². The Hall–Kier alpha value is -0.730. The molecule has 0 saturated carbocycles. The van der Waals surface area contributed by atoms with Crippen LogP contribution in [0.1, 0.15) is 39.5 Å². The Morgan fingerprint density at radius 2 is 2.00 bits per heavy atom. The Morgan fingerprint density at radius 3 is 2.58 bits per heavy atom. The number of hydrogen-bond donors (Lipinski definition) is 0. The number of nitrogens with zero attached hydrogens (tertiary/aromatic N) is 1. The minimum Gasteiger partial charge on any atom is -0.448 e. The lowest BCUT2D eigenvalue weighted by Crippen LogP contribution is -2.18. The van der Waals surface area contributed by atoms with Gasteiger partial charge in [0.2, 0.25) is 0 Å². The van der Waals surface area contributed by atoms with E-state index in [1.54, 1.807) is 0 Å². The molecule has 0 aromatic rings. The number of rotatable bonds is 6. The Morgan fingerprint density at radius 1 is 1.25 bits per heavy atom. The first-order valence-corrected chi connectivity index (χ1v) is 4.65. The topological polar surface area (TPSA) is 40.4 Å². The molecule has 0 bridgehead atoms. The lowest BCUT2D eigenvalue weighted by atomic mass is 10.2. The number of amides is 1. The van der Waals surface area contributed by atoms with Gasteiger partial charge in [0.25, 0.3) is 0 Å². The van der Waals surface area contributed by atoms with Crippen LogP contribution >= 0.6 is 0 Å². The Bertz CT molecular complexity index is 115. The van der Waals surface area contributed by atoms with Gasteiger partial charge in [-0.3, -0.25) is 0 Å². The molecule has 12 heavy (non-hydrogen) atoms. The van der Waals surface area contributed by atoms with E-state index in [0.29, 0.717) is 13.2 Å². The number of carbonyl (C=O) groups excluding carboxylic acids is 1. The van der Waals surface area contributed by atoms with E-state index in [1.165, 1.54) is 0 Å². The molecule has 0 saturated heterocycles. The maximum atomic E-state index is 10.8. The molecular formula is C9H18NO2. The minimum absolute atomic E-state index is 0.409. The summed E-state index contributed by atoms with van der Waals surface area (Å²) in [5, 5.41) is 3.74. The lowest BCUT2D eigenvalue weighted by molar-refractivity contribution is 0.145. The van der Waals surface area contributed by atoms with Crippen LogP contribution in [0.4, 0.5) is 4.79 Å². The second-order valence-corrected chi connectivity index (χ2v) is 2.70. The zero-order chi connectivity index (χ0) is 9.23. The van der Waals surface area contributed by atoms with Crippen molar-refractivity contribution < 1.29 is 9.53 Å². The van der Waals surface area contributed by atoms with Crippen molar-refractivity contribution in [1.82, 2.24) is 5.32 Å². The van der Waals surface area contributed by atoms with Gasteiger partial charge in [0.15, 0.2) is 0 Å². The molecule has 0 fully saturated rings. The molecule has 0 atom stereocenters. The SMILES string of the molecule is CCCCC[N]C(=O)OCCC. The summed E-state index contributed by atoms with van der Waals surface area (Å²) in [6, 6.07) is 0. The van der Waals surface area contributed by atoms with Crippen LogP contribution in [0.5, 0.6) is 0 Å². The molecule has 0 aliphatic rings. The second kappa shape index (κ2) is 8.37. The second-order valence-electron chi connectivity index (χ2n) is 2.70. The van der Waals surface area contributed by atoms with Crippen molar-refractivity contribution in [3.8, 4) is 0 Å². The molecule has 0 aliphatic carbocycles. The highest BCUT2D eigenvalue weighted by molar-refractivity contribution is 5.66. The van der Waals surface area contributed by atoms with E-state index >= 15 is 0 Å². The summed E-state index contributed by atoms with van der Waals surface area (Å²) in [6.45, 7) is 5.17. The summed E-state index contributed by atoms with van der Waals surface area (Å²) in [7, 11) is 0. The van der Waals surface area contributed by atoms with E-state index in [4.69, 9.17) is 4.74 Å². The van der Waals surface area contributed by atoms with E-state index in [9.17, 15) is 4.79 Å². The fraction of sp³-hybridized carbons (Fsp3) is 0.889. The van der Waals surface area contributed by atoms with E-state index in [2.05, 4.69) is 12.2 Å². The molecular weight excluding hydrogens is 154 g/mol. The van der Waals surface area contributed by atoms with E-state index in [0.717, 1.165) is 25.7 Å². The van der Waals surface area contributed by atoms with Gasteiger partial charge in [-0.1, -0.05) is 26.7 Å². The summed E-state index contributed by atoms with van der Waals surface area (Å²) in [6.07, 6.45) is 3.71. The van der Waals surface area contributed by atoms with Gasteiger partial charge in [-0.25, -0.2) is 10.1 Å². The van der Waals surface area contributed by atoms with E-state index in [-0.39, 0.29) is 0 Å². The smallest absolute Gasteiger partial charge is 0.428 e. The molecule has 3 heteroatoms. The average Bonchev–Trinajstić information content (AvgIpc) is 2.09. The van der Waals surface area contributed by atoms with Crippen LogP contribution in [0.3, 0.4) is 0 Å². The van der Waals surface area contributed by atoms with Crippen LogP contribution in [0.2, 0.25) is 0 Å². The fourth-order valence-corrected chi connectivity index (χ4v) is 0.767. The van der Waals surface area contributed by atoms with Crippen LogP contribution in [0.15, 0.2) is 0 Å². The summed E-state index contributed by atoms with van der Waals surface area (Å²) in [4.78, 5) is 10.8. The first-order valence-electron chi connectivity index (χ1n) is 4.65. The van der Waals surface area contributed by atoms with Crippen LogP contribution in [0.25, 0.3) is 0 Å². The third-order valence-electron chi connectivity index (χ3n) is 1.43. The van der Waals surface area contributed by atoms with Crippen molar-refractivity contribution in [2.75, 3.05) is 13.2 Å². The van der Waals surface area contributed by atoms with Crippen LogP contribution in [-0.2, 0) is 4.74 Å². The highest BCUT2D eigenvalue weighted by Gasteiger charge is 2.00. The highest BCUT2D eigenvalue weighted by Crippen LogP contribution is 1.92. The van der Waals surface area contributed by atoms with Gasteiger partial charge in [0, 0.05) is 6.54 Å². The van der Waals surface area contributed by atoms with Gasteiger partial charge in [-0.2, -0.15) is 0 Å². The van der Waals surface area contributed by atoms with Crippen LogP contribution < -0.4 is 5.32 Å². The Labute approximate surface area is 74.5 Å². The molecule has 0 aromatic carbocycles. The van der Waals surface area contributed by atoms with Crippen molar-refractivity contribution in [1.29, 1.82) is 0 Å². The lowest BCUT2D eigenvalue weighted by Gasteiger charge is -2.01. The van der Waals surface area contributed by atoms with Crippen molar-refractivity contribution in [2.45, 2.75) is 39.5 Å². The van der Waals surface area contributed by atoms with Gasteiger partial charge in [-0.15, -0.1) is 0 Å². The van der Waals surface area contributed by atoms with Crippen molar-refractivity contribution >= 4 is 6.09 Å². The predicted octanol–water partition coefficient (Wildman–Crippen LogP) is 2.33. The fourth-order valence-electron chi connectivity index (χ4n) is 0.767. The van der Waals surface area contributed by atoms with Gasteiger partial charge >= 0.3 is 6.09 Å².